The van der Waals surface area contributed by atoms with Gasteiger partial charge in [0, 0.05) is 18.9 Å². The fourth-order valence-electron chi connectivity index (χ4n) is 2.27. The number of rotatable bonds is 4. The first-order chi connectivity index (χ1) is 10.5. The number of hydrogen-bond acceptors (Lipinski definition) is 4. The summed E-state index contributed by atoms with van der Waals surface area (Å²) in [6, 6.07) is 4.77. The van der Waals surface area contributed by atoms with E-state index in [2.05, 4.69) is 4.98 Å². The molecule has 1 aromatic carbocycles. The van der Waals surface area contributed by atoms with Gasteiger partial charge in [0.05, 0.1) is 18.0 Å². The molecule has 0 saturated heterocycles. The molecule has 1 N–H and O–H groups in total. The Morgan fingerprint density at radius 3 is 2.91 bits per heavy atom. The minimum Gasteiger partial charge on any atom is -0.477 e. The molecule has 0 fully saturated rings. The summed E-state index contributed by atoms with van der Waals surface area (Å²) in [5.41, 5.74) is 2.54. The summed E-state index contributed by atoms with van der Waals surface area (Å²) in [6.45, 7) is 1.87. The molecular weight excluding hydrogens is 307 g/mol. The molecule has 114 valence electrons. The second-order valence-electron chi connectivity index (χ2n) is 4.86. The largest absolute Gasteiger partial charge is 0.477 e. The molecule has 0 atom stereocenters. The van der Waals surface area contributed by atoms with Gasteiger partial charge in [0.25, 0.3) is 0 Å². The van der Waals surface area contributed by atoms with E-state index in [4.69, 9.17) is 4.74 Å². The van der Waals surface area contributed by atoms with Crippen LogP contribution in [-0.4, -0.2) is 27.6 Å². The van der Waals surface area contributed by atoms with Gasteiger partial charge in [-0.2, -0.15) is 0 Å². The third kappa shape index (κ3) is 2.38. The molecule has 7 heteroatoms. The first-order valence-electron chi connectivity index (χ1n) is 6.50. The zero-order valence-electron chi connectivity index (χ0n) is 12.0. The van der Waals surface area contributed by atoms with Gasteiger partial charge in [-0.1, -0.05) is 11.3 Å². The van der Waals surface area contributed by atoms with E-state index < -0.39 is 5.97 Å². The Morgan fingerprint density at radius 2 is 2.27 bits per heavy atom. The van der Waals surface area contributed by atoms with E-state index in [0.29, 0.717) is 21.9 Å². The summed E-state index contributed by atoms with van der Waals surface area (Å²) in [5.74, 6) is -1.26. The van der Waals surface area contributed by atoms with Gasteiger partial charge in [-0.3, -0.25) is 4.40 Å². The Bertz CT molecular complexity index is 869. The molecule has 0 aliphatic carbocycles. The first kappa shape index (κ1) is 14.7. The number of aromatic carboxylic acids is 1. The number of halogens is 1. The van der Waals surface area contributed by atoms with Crippen LogP contribution >= 0.6 is 11.3 Å². The standard InChI is InChI=1S/C15H13FN2O3S/c1-8-5-9(3-4-10(8)16)11-6-18-12(7-21-2)13(14(19)20)22-15(18)17-11/h3-6H,7H2,1-2H3,(H,19,20). The summed E-state index contributed by atoms with van der Waals surface area (Å²) in [6.07, 6.45) is 1.75. The minimum absolute atomic E-state index is 0.180. The summed E-state index contributed by atoms with van der Waals surface area (Å²) in [5, 5.41) is 9.24. The van der Waals surface area contributed by atoms with Gasteiger partial charge in [-0.25, -0.2) is 14.2 Å². The number of benzene rings is 1. The maximum atomic E-state index is 13.4. The fourth-order valence-corrected chi connectivity index (χ4v) is 3.22. The predicted molar refractivity (Wildman–Crippen MR) is 80.9 cm³/mol. The van der Waals surface area contributed by atoms with Crippen LogP contribution in [-0.2, 0) is 11.3 Å². The van der Waals surface area contributed by atoms with Crippen molar-refractivity contribution in [1.29, 1.82) is 0 Å². The van der Waals surface area contributed by atoms with Crippen molar-refractivity contribution in [3.8, 4) is 11.3 Å². The third-order valence-corrected chi connectivity index (χ3v) is 4.43. The van der Waals surface area contributed by atoms with E-state index in [1.54, 1.807) is 29.7 Å². The second-order valence-corrected chi connectivity index (χ2v) is 5.84. The molecule has 22 heavy (non-hydrogen) atoms. The van der Waals surface area contributed by atoms with Crippen molar-refractivity contribution in [3.63, 3.8) is 0 Å². The van der Waals surface area contributed by atoms with Gasteiger partial charge in [-0.05, 0) is 30.7 Å². The third-order valence-electron chi connectivity index (χ3n) is 3.35. The smallest absolute Gasteiger partial charge is 0.347 e. The Kier molecular flexibility index (Phi) is 3.67. The number of fused-ring (bicyclic) bond motifs is 1. The Labute approximate surface area is 129 Å². The van der Waals surface area contributed by atoms with E-state index in [1.807, 2.05) is 0 Å². The van der Waals surface area contributed by atoms with Crippen LogP contribution < -0.4 is 0 Å². The highest BCUT2D eigenvalue weighted by Gasteiger charge is 2.20. The number of aromatic nitrogens is 2. The Morgan fingerprint density at radius 1 is 1.50 bits per heavy atom. The zero-order chi connectivity index (χ0) is 15.9. The second kappa shape index (κ2) is 5.51. The number of thiazole rings is 1. The van der Waals surface area contributed by atoms with Crippen LogP contribution in [0.3, 0.4) is 0 Å². The van der Waals surface area contributed by atoms with Crippen LogP contribution in [0.25, 0.3) is 16.2 Å². The molecule has 0 bridgehead atoms. The number of aryl methyl sites for hydroxylation is 1. The lowest BCUT2D eigenvalue weighted by molar-refractivity contribution is 0.0696. The van der Waals surface area contributed by atoms with Crippen LogP contribution in [0.5, 0.6) is 0 Å². The van der Waals surface area contributed by atoms with Crippen molar-refractivity contribution >= 4 is 22.3 Å². The number of ether oxygens (including phenoxy) is 1. The van der Waals surface area contributed by atoms with Crippen molar-refractivity contribution in [1.82, 2.24) is 9.38 Å². The van der Waals surface area contributed by atoms with Crippen molar-refractivity contribution < 1.29 is 19.0 Å². The molecular formula is C15H13FN2O3S. The topological polar surface area (TPSA) is 63.8 Å². The molecule has 0 saturated carbocycles. The molecule has 0 amide bonds. The zero-order valence-corrected chi connectivity index (χ0v) is 12.8. The van der Waals surface area contributed by atoms with Crippen LogP contribution in [0.2, 0.25) is 0 Å². The molecule has 0 radical (unpaired) electrons. The monoisotopic (exact) mass is 320 g/mol. The molecule has 5 nitrogen and oxygen atoms in total. The van der Waals surface area contributed by atoms with Crippen molar-refractivity contribution in [3.05, 3.63) is 46.3 Å². The normalized spacial score (nSPS) is 11.2. The molecule has 0 unspecified atom stereocenters. The quantitative estimate of drug-likeness (QED) is 0.800. The number of hydrogen-bond donors (Lipinski definition) is 1. The number of nitrogens with zero attached hydrogens (tertiary/aromatic N) is 2. The summed E-state index contributed by atoms with van der Waals surface area (Å²) >= 11 is 1.09. The minimum atomic E-state index is -0.998. The maximum absolute atomic E-state index is 13.4. The van der Waals surface area contributed by atoms with Crippen LogP contribution in [0.4, 0.5) is 4.39 Å². The van der Waals surface area contributed by atoms with Gasteiger partial charge in [0.15, 0.2) is 4.96 Å². The van der Waals surface area contributed by atoms with E-state index in [0.717, 1.165) is 16.9 Å². The lowest BCUT2D eigenvalue weighted by Gasteiger charge is -2.01. The average Bonchev–Trinajstić information content (AvgIpc) is 3.01. The summed E-state index contributed by atoms with van der Waals surface area (Å²) in [4.78, 5) is 16.5. The maximum Gasteiger partial charge on any atom is 0.347 e. The SMILES string of the molecule is COCc1c(C(=O)O)sc2nc(-c3ccc(F)c(C)c3)cn12. The first-order valence-corrected chi connectivity index (χ1v) is 7.32. The number of carboxylic acid groups (broad SMARTS) is 1. The van der Waals surface area contributed by atoms with Crippen LogP contribution in [0, 0.1) is 12.7 Å². The molecule has 2 heterocycles. The molecule has 3 aromatic rings. The molecule has 0 aliphatic heterocycles. The highest BCUT2D eigenvalue weighted by atomic mass is 32.1. The molecule has 2 aromatic heterocycles. The lowest BCUT2D eigenvalue weighted by atomic mass is 10.1. The number of carbonyl (C=O) groups is 1. The average molecular weight is 320 g/mol. The Hall–Kier alpha value is -2.25. The van der Waals surface area contributed by atoms with Crippen molar-refractivity contribution in [2.45, 2.75) is 13.5 Å². The van der Waals surface area contributed by atoms with Gasteiger partial charge in [0.1, 0.15) is 10.7 Å². The highest BCUT2D eigenvalue weighted by Crippen LogP contribution is 2.28. The molecule has 0 spiro atoms. The number of imidazole rings is 1. The summed E-state index contributed by atoms with van der Waals surface area (Å²) < 4.78 is 20.2. The van der Waals surface area contributed by atoms with Gasteiger partial charge < -0.3 is 9.84 Å². The van der Waals surface area contributed by atoms with E-state index in [9.17, 15) is 14.3 Å². The number of carboxylic acids is 1. The molecule has 0 aliphatic rings. The van der Waals surface area contributed by atoms with E-state index >= 15 is 0 Å². The van der Waals surface area contributed by atoms with Crippen molar-refractivity contribution in [2.75, 3.05) is 7.11 Å². The van der Waals surface area contributed by atoms with Crippen LogP contribution in [0.15, 0.2) is 24.4 Å². The fraction of sp³-hybridized carbons (Fsp3) is 0.200. The predicted octanol–water partition coefficient (Wildman–Crippen LogP) is 3.35. The van der Waals surface area contributed by atoms with E-state index in [-0.39, 0.29) is 17.3 Å². The lowest BCUT2D eigenvalue weighted by Crippen LogP contribution is -2.02. The van der Waals surface area contributed by atoms with Gasteiger partial charge in [-0.15, -0.1) is 0 Å². The van der Waals surface area contributed by atoms with Crippen molar-refractivity contribution in [2.24, 2.45) is 0 Å². The van der Waals surface area contributed by atoms with Gasteiger partial charge >= 0.3 is 5.97 Å². The number of methoxy groups -OCH3 is 1. The van der Waals surface area contributed by atoms with E-state index in [1.165, 1.54) is 13.2 Å². The van der Waals surface area contributed by atoms with Gasteiger partial charge in [0.2, 0.25) is 0 Å². The highest BCUT2D eigenvalue weighted by molar-refractivity contribution is 7.19. The Balaban J connectivity index is 2.13. The van der Waals surface area contributed by atoms with Crippen LogP contribution in [0.1, 0.15) is 20.9 Å². The molecule has 3 rings (SSSR count). The summed E-state index contributed by atoms with van der Waals surface area (Å²) in [7, 11) is 1.51.